The highest BCUT2D eigenvalue weighted by molar-refractivity contribution is 5.15. The molecule has 0 amide bonds. The average molecular weight is 162 g/mol. The Balaban J connectivity index is 1.99. The molecule has 1 saturated heterocycles. The molecule has 4 atom stereocenters. The Labute approximate surface area is 73.4 Å². The highest BCUT2D eigenvalue weighted by atomic mass is 16.6. The Morgan fingerprint density at radius 2 is 2.17 bits per heavy atom. The molecule has 1 aliphatic heterocycles. The maximum absolute atomic E-state index is 5.47. The molecule has 64 valence electrons. The Morgan fingerprint density at radius 3 is 2.75 bits per heavy atom. The molecule has 1 heterocycles. The fraction of sp³-hybridized carbons (Fsp3) is 0.455. The molecule has 1 aliphatic carbocycles. The molecule has 0 aromatic heterocycles. The standard InChI is InChI=1S/C11H14O/c1-3-8-6-5-7-9(8)11-10(4-2)12-11/h3-5,7-11H,1-2,6H2/t8-,9+,10-,11-/m1/s1. The first kappa shape index (κ1) is 7.81. The molecule has 0 saturated carbocycles. The number of rotatable bonds is 3. The van der Waals surface area contributed by atoms with Crippen molar-refractivity contribution in [3.8, 4) is 0 Å². The topological polar surface area (TPSA) is 12.5 Å². The number of ether oxygens (including phenoxy) is 1. The average Bonchev–Trinajstić information content (AvgIpc) is 2.74. The Kier molecular flexibility index (Phi) is 1.89. The highest BCUT2D eigenvalue weighted by Crippen LogP contribution is 2.40. The Hall–Kier alpha value is -0.820. The molecule has 12 heavy (non-hydrogen) atoms. The predicted molar refractivity (Wildman–Crippen MR) is 49.8 cm³/mol. The minimum atomic E-state index is 0.292. The van der Waals surface area contributed by atoms with Crippen LogP contribution in [-0.4, -0.2) is 12.2 Å². The van der Waals surface area contributed by atoms with Gasteiger partial charge >= 0.3 is 0 Å². The third-order valence-electron chi connectivity index (χ3n) is 2.74. The van der Waals surface area contributed by atoms with E-state index >= 15 is 0 Å². The molecule has 2 aliphatic rings. The first-order valence-corrected chi connectivity index (χ1v) is 4.44. The van der Waals surface area contributed by atoms with Gasteiger partial charge in [-0.05, 0) is 12.3 Å². The molecular weight excluding hydrogens is 148 g/mol. The molecule has 0 N–H and O–H groups in total. The summed E-state index contributed by atoms with van der Waals surface area (Å²) in [5.74, 6) is 1.13. The molecular formula is C11H14O. The van der Waals surface area contributed by atoms with Gasteiger partial charge in [-0.3, -0.25) is 0 Å². The zero-order chi connectivity index (χ0) is 8.55. The van der Waals surface area contributed by atoms with Crippen molar-refractivity contribution in [2.75, 3.05) is 0 Å². The fourth-order valence-electron chi connectivity index (χ4n) is 1.93. The molecule has 1 nitrogen and oxygen atoms in total. The van der Waals surface area contributed by atoms with E-state index in [9.17, 15) is 0 Å². The predicted octanol–water partition coefficient (Wildman–Crippen LogP) is 2.32. The third-order valence-corrected chi connectivity index (χ3v) is 2.74. The van der Waals surface area contributed by atoms with Gasteiger partial charge in [-0.1, -0.05) is 24.3 Å². The zero-order valence-corrected chi connectivity index (χ0v) is 7.15. The first-order chi connectivity index (χ1) is 5.86. The van der Waals surface area contributed by atoms with Gasteiger partial charge < -0.3 is 4.74 Å². The fourth-order valence-corrected chi connectivity index (χ4v) is 1.93. The van der Waals surface area contributed by atoms with Gasteiger partial charge in [0.25, 0.3) is 0 Å². The summed E-state index contributed by atoms with van der Waals surface area (Å²) in [6.45, 7) is 7.55. The van der Waals surface area contributed by atoms with Gasteiger partial charge in [-0.25, -0.2) is 0 Å². The number of hydrogen-bond donors (Lipinski definition) is 0. The van der Waals surface area contributed by atoms with E-state index < -0.39 is 0 Å². The molecule has 0 aromatic rings. The van der Waals surface area contributed by atoms with Crippen molar-refractivity contribution in [1.29, 1.82) is 0 Å². The molecule has 0 unspecified atom stereocenters. The van der Waals surface area contributed by atoms with E-state index in [-0.39, 0.29) is 0 Å². The van der Waals surface area contributed by atoms with E-state index in [1.165, 1.54) is 0 Å². The van der Waals surface area contributed by atoms with E-state index in [1.54, 1.807) is 0 Å². The van der Waals surface area contributed by atoms with Crippen LogP contribution in [0.15, 0.2) is 37.5 Å². The summed E-state index contributed by atoms with van der Waals surface area (Å²) >= 11 is 0. The quantitative estimate of drug-likeness (QED) is 0.458. The third kappa shape index (κ3) is 1.14. The first-order valence-electron chi connectivity index (χ1n) is 4.44. The van der Waals surface area contributed by atoms with Crippen LogP contribution < -0.4 is 0 Å². The highest BCUT2D eigenvalue weighted by Gasteiger charge is 2.44. The number of allylic oxidation sites excluding steroid dienone is 2. The lowest BCUT2D eigenvalue weighted by Gasteiger charge is -2.11. The van der Waals surface area contributed by atoms with Crippen LogP contribution in [0.4, 0.5) is 0 Å². The van der Waals surface area contributed by atoms with Crippen molar-refractivity contribution >= 4 is 0 Å². The summed E-state index contributed by atoms with van der Waals surface area (Å²) in [6, 6.07) is 0. The van der Waals surface area contributed by atoms with Gasteiger partial charge in [-0.2, -0.15) is 0 Å². The summed E-state index contributed by atoms with van der Waals surface area (Å²) in [5.41, 5.74) is 0. The summed E-state index contributed by atoms with van der Waals surface area (Å²) in [4.78, 5) is 0. The smallest absolute Gasteiger partial charge is 0.103 e. The summed E-state index contributed by atoms with van der Waals surface area (Å²) in [6.07, 6.45) is 10.2. The van der Waals surface area contributed by atoms with Crippen LogP contribution in [0.3, 0.4) is 0 Å². The van der Waals surface area contributed by atoms with Crippen molar-refractivity contribution < 1.29 is 4.74 Å². The van der Waals surface area contributed by atoms with Gasteiger partial charge in [0.2, 0.25) is 0 Å². The lowest BCUT2D eigenvalue weighted by Crippen LogP contribution is -2.13. The molecule has 1 fully saturated rings. The van der Waals surface area contributed by atoms with Crippen molar-refractivity contribution in [2.45, 2.75) is 18.6 Å². The minimum Gasteiger partial charge on any atom is -0.365 e. The lowest BCUT2D eigenvalue weighted by molar-refractivity contribution is 0.324. The van der Waals surface area contributed by atoms with Gasteiger partial charge in [0.15, 0.2) is 0 Å². The molecule has 0 spiro atoms. The number of epoxide rings is 1. The van der Waals surface area contributed by atoms with Crippen LogP contribution in [0.25, 0.3) is 0 Å². The Bertz CT molecular complexity index is 229. The molecule has 2 rings (SSSR count). The van der Waals surface area contributed by atoms with Crippen molar-refractivity contribution in [2.24, 2.45) is 11.8 Å². The van der Waals surface area contributed by atoms with Crippen LogP contribution >= 0.6 is 0 Å². The second-order valence-electron chi connectivity index (χ2n) is 3.44. The van der Waals surface area contributed by atoms with Gasteiger partial charge in [0.05, 0.1) is 6.10 Å². The van der Waals surface area contributed by atoms with Gasteiger partial charge in [-0.15, -0.1) is 13.2 Å². The van der Waals surface area contributed by atoms with Crippen molar-refractivity contribution in [1.82, 2.24) is 0 Å². The maximum Gasteiger partial charge on any atom is 0.103 e. The van der Waals surface area contributed by atoms with Crippen molar-refractivity contribution in [3.05, 3.63) is 37.5 Å². The van der Waals surface area contributed by atoms with Crippen LogP contribution in [-0.2, 0) is 4.74 Å². The van der Waals surface area contributed by atoms with Crippen LogP contribution in [0.5, 0.6) is 0 Å². The van der Waals surface area contributed by atoms with E-state index in [1.807, 2.05) is 12.2 Å². The largest absolute Gasteiger partial charge is 0.365 e. The number of hydrogen-bond acceptors (Lipinski definition) is 1. The monoisotopic (exact) mass is 162 g/mol. The van der Waals surface area contributed by atoms with Crippen molar-refractivity contribution in [3.63, 3.8) is 0 Å². The lowest BCUT2D eigenvalue weighted by atomic mass is 9.91. The Morgan fingerprint density at radius 1 is 1.33 bits per heavy atom. The van der Waals surface area contributed by atoms with Crippen LogP contribution in [0.1, 0.15) is 6.42 Å². The molecule has 0 aromatic carbocycles. The minimum absolute atomic E-state index is 0.292. The second kappa shape index (κ2) is 2.91. The summed E-state index contributed by atoms with van der Waals surface area (Å²) in [7, 11) is 0. The summed E-state index contributed by atoms with van der Waals surface area (Å²) < 4.78 is 5.47. The maximum atomic E-state index is 5.47. The second-order valence-corrected chi connectivity index (χ2v) is 3.44. The van der Waals surface area contributed by atoms with Crippen LogP contribution in [0, 0.1) is 11.8 Å². The van der Waals surface area contributed by atoms with E-state index in [0.29, 0.717) is 24.0 Å². The van der Waals surface area contributed by atoms with Gasteiger partial charge in [0, 0.05) is 5.92 Å². The van der Waals surface area contributed by atoms with Gasteiger partial charge in [0.1, 0.15) is 6.10 Å². The zero-order valence-electron chi connectivity index (χ0n) is 7.15. The van der Waals surface area contributed by atoms with E-state index in [2.05, 4.69) is 25.3 Å². The van der Waals surface area contributed by atoms with E-state index in [0.717, 1.165) is 6.42 Å². The normalized spacial score (nSPS) is 44.3. The molecule has 0 radical (unpaired) electrons. The van der Waals surface area contributed by atoms with E-state index in [4.69, 9.17) is 4.74 Å². The molecule has 1 heteroatoms. The summed E-state index contributed by atoms with van der Waals surface area (Å²) in [5, 5.41) is 0. The molecule has 0 bridgehead atoms. The van der Waals surface area contributed by atoms with Crippen LogP contribution in [0.2, 0.25) is 0 Å². The SMILES string of the molecule is C=C[C@@H]1CC=C[C@@H]1[C@H]1O[C@@H]1C=C.